The van der Waals surface area contributed by atoms with Crippen LogP contribution in [0.15, 0.2) is 24.3 Å². The predicted octanol–water partition coefficient (Wildman–Crippen LogP) is 10.4. The molecule has 0 aliphatic carbocycles. The van der Waals surface area contributed by atoms with Crippen LogP contribution in [0.2, 0.25) is 0 Å². The van der Waals surface area contributed by atoms with Gasteiger partial charge in [0.25, 0.3) is 0 Å². The monoisotopic (exact) mass is 548 g/mol. The van der Waals surface area contributed by atoms with Crippen LogP contribution in [0.5, 0.6) is 0 Å². The summed E-state index contributed by atoms with van der Waals surface area (Å²) in [7, 11) is 0. The zero-order valence-electron chi connectivity index (χ0n) is 26.6. The molecular formula is C37H48N4. The van der Waals surface area contributed by atoms with Crippen molar-refractivity contribution >= 4 is 44.4 Å². The lowest BCUT2D eigenvalue weighted by Crippen LogP contribution is -1.87. The van der Waals surface area contributed by atoms with Gasteiger partial charge in [-0.3, -0.25) is 0 Å². The lowest BCUT2D eigenvalue weighted by Gasteiger charge is -2.06. The van der Waals surface area contributed by atoms with Crippen molar-refractivity contribution in [2.45, 2.75) is 113 Å². The Kier molecular flexibility index (Phi) is 8.68. The summed E-state index contributed by atoms with van der Waals surface area (Å²) in [5.41, 5.74) is 20.4. The number of rotatable bonds is 9. The van der Waals surface area contributed by atoms with Gasteiger partial charge in [-0.05, 0) is 120 Å². The molecule has 0 unspecified atom stereocenters. The molecule has 4 heteroatoms. The van der Waals surface area contributed by atoms with Crippen LogP contribution in [0.1, 0.15) is 133 Å². The number of nitrogens with one attached hydrogen (secondary N) is 2. The molecule has 0 atom stereocenters. The van der Waals surface area contributed by atoms with Crippen LogP contribution in [0, 0.1) is 0 Å². The fourth-order valence-corrected chi connectivity index (χ4v) is 7.24. The topological polar surface area (TPSA) is 57.4 Å². The third-order valence-electron chi connectivity index (χ3n) is 9.11. The zero-order chi connectivity index (χ0) is 29.3. The minimum atomic E-state index is 0.967. The van der Waals surface area contributed by atoms with E-state index in [4.69, 9.17) is 9.97 Å². The molecule has 0 amide bonds. The highest BCUT2D eigenvalue weighted by atomic mass is 14.8. The molecule has 5 rings (SSSR count). The highest BCUT2D eigenvalue weighted by Crippen LogP contribution is 2.39. The van der Waals surface area contributed by atoms with Crippen molar-refractivity contribution in [3.05, 3.63) is 69.3 Å². The molecule has 0 spiro atoms. The molecule has 0 fully saturated rings. The fourth-order valence-electron chi connectivity index (χ4n) is 7.24. The molecule has 0 aromatic carbocycles. The van der Waals surface area contributed by atoms with Crippen molar-refractivity contribution in [1.82, 2.24) is 19.9 Å². The van der Waals surface area contributed by atoms with Crippen molar-refractivity contribution < 1.29 is 0 Å². The van der Waals surface area contributed by atoms with Gasteiger partial charge in [-0.2, -0.15) is 0 Å². The number of allylic oxidation sites excluding steroid dienone is 4. The maximum atomic E-state index is 5.33. The molecule has 0 radical (unpaired) electrons. The van der Waals surface area contributed by atoms with Gasteiger partial charge in [-0.1, -0.05) is 61.8 Å². The molecule has 5 heterocycles. The van der Waals surface area contributed by atoms with Crippen LogP contribution in [0.4, 0.5) is 0 Å². The van der Waals surface area contributed by atoms with Gasteiger partial charge in [0.2, 0.25) is 0 Å². The summed E-state index contributed by atoms with van der Waals surface area (Å²) >= 11 is 0. The van der Waals surface area contributed by atoms with Crippen LogP contribution in [0.3, 0.4) is 0 Å². The lowest BCUT2D eigenvalue weighted by atomic mass is 9.96. The summed E-state index contributed by atoms with van der Waals surface area (Å²) in [5, 5.41) is 0. The van der Waals surface area contributed by atoms with Gasteiger partial charge >= 0.3 is 0 Å². The molecule has 3 aromatic heterocycles. The summed E-state index contributed by atoms with van der Waals surface area (Å²) in [6.07, 6.45) is 9.02. The van der Waals surface area contributed by atoms with E-state index in [9.17, 15) is 0 Å². The Morgan fingerprint density at radius 1 is 0.415 bits per heavy atom. The number of aromatic nitrogens is 4. The third-order valence-corrected chi connectivity index (χ3v) is 9.11. The maximum absolute atomic E-state index is 5.33. The van der Waals surface area contributed by atoms with Crippen LogP contribution in [-0.2, 0) is 25.7 Å². The van der Waals surface area contributed by atoms with E-state index in [1.807, 2.05) is 0 Å². The van der Waals surface area contributed by atoms with Crippen LogP contribution < -0.4 is 0 Å². The molecule has 2 N–H and O–H groups in total. The van der Waals surface area contributed by atoms with Crippen LogP contribution in [-0.4, -0.2) is 19.9 Å². The van der Waals surface area contributed by atoms with Crippen molar-refractivity contribution in [2.24, 2.45) is 0 Å². The number of aryl methyl sites for hydroxylation is 4. The summed E-state index contributed by atoms with van der Waals surface area (Å²) in [6, 6.07) is 9.29. The fraction of sp³-hybridized carbons (Fsp3) is 0.459. The highest BCUT2D eigenvalue weighted by Gasteiger charge is 2.23. The van der Waals surface area contributed by atoms with Crippen molar-refractivity contribution in [2.75, 3.05) is 0 Å². The Morgan fingerprint density at radius 2 is 0.756 bits per heavy atom. The predicted molar refractivity (Wildman–Crippen MR) is 178 cm³/mol. The number of H-pyrrole nitrogens is 2. The number of nitrogens with zero attached hydrogens (tertiary/aromatic N) is 2. The van der Waals surface area contributed by atoms with Crippen molar-refractivity contribution in [3.8, 4) is 0 Å². The first-order valence-corrected chi connectivity index (χ1v) is 16.2. The van der Waals surface area contributed by atoms with E-state index in [0.717, 1.165) is 80.6 Å². The van der Waals surface area contributed by atoms with Crippen LogP contribution >= 0.6 is 0 Å². The second kappa shape index (κ2) is 12.2. The van der Waals surface area contributed by atoms with E-state index in [1.165, 1.54) is 66.6 Å². The minimum Gasteiger partial charge on any atom is -0.355 e. The first-order valence-electron chi connectivity index (χ1n) is 16.2. The summed E-state index contributed by atoms with van der Waals surface area (Å²) in [5.74, 6) is 0. The lowest BCUT2D eigenvalue weighted by molar-refractivity contribution is 0.970. The number of hydrogen-bond donors (Lipinski definition) is 2. The van der Waals surface area contributed by atoms with Gasteiger partial charge < -0.3 is 9.97 Å². The first kappa shape index (κ1) is 29.1. The number of hydrogen-bond acceptors (Lipinski definition) is 2. The van der Waals surface area contributed by atoms with Gasteiger partial charge in [0.1, 0.15) is 0 Å². The molecule has 2 aliphatic heterocycles. The molecular weight excluding hydrogens is 500 g/mol. The second-order valence-electron chi connectivity index (χ2n) is 11.3. The third kappa shape index (κ3) is 5.00. The highest BCUT2D eigenvalue weighted by molar-refractivity contribution is 5.96. The Bertz CT molecular complexity index is 1690. The van der Waals surface area contributed by atoms with E-state index >= 15 is 0 Å². The van der Waals surface area contributed by atoms with E-state index < -0.39 is 0 Å². The summed E-state index contributed by atoms with van der Waals surface area (Å²) < 4.78 is 0. The number of fused-ring (bicyclic) bond motifs is 8. The van der Waals surface area contributed by atoms with Gasteiger partial charge in [0.05, 0.1) is 22.8 Å². The SMILES string of the molecule is CCCC1=C(CC)c2cc3[nH]c(cc4[nH]c(cc5nc(cc1n2)C(CC)=C5CC)c(CC)c4CC)c(CC)c3CC. The first-order chi connectivity index (χ1) is 20.0. The van der Waals surface area contributed by atoms with Gasteiger partial charge in [-0.15, -0.1) is 0 Å². The average Bonchev–Trinajstić information content (AvgIpc) is 3.68. The molecule has 4 nitrogen and oxygen atoms in total. The van der Waals surface area contributed by atoms with Crippen molar-refractivity contribution in [1.29, 1.82) is 0 Å². The minimum absolute atomic E-state index is 0.967. The van der Waals surface area contributed by atoms with E-state index in [-0.39, 0.29) is 0 Å². The Balaban J connectivity index is 2.02. The normalized spacial score (nSPS) is 13.6. The average molecular weight is 549 g/mol. The van der Waals surface area contributed by atoms with Gasteiger partial charge in [0, 0.05) is 22.1 Å². The van der Waals surface area contributed by atoms with Crippen molar-refractivity contribution in [3.63, 3.8) is 0 Å². The van der Waals surface area contributed by atoms with Gasteiger partial charge in [0.15, 0.2) is 0 Å². The van der Waals surface area contributed by atoms with E-state index in [1.54, 1.807) is 0 Å². The second-order valence-corrected chi connectivity index (χ2v) is 11.3. The van der Waals surface area contributed by atoms with Gasteiger partial charge in [-0.25, -0.2) is 9.97 Å². The molecule has 0 saturated carbocycles. The quantitative estimate of drug-likeness (QED) is 0.279. The smallest absolute Gasteiger partial charge is 0.0694 e. The Labute approximate surface area is 246 Å². The molecule has 216 valence electrons. The Hall–Kier alpha value is -3.40. The maximum Gasteiger partial charge on any atom is 0.0694 e. The molecule has 2 aliphatic rings. The Morgan fingerprint density at radius 3 is 1.12 bits per heavy atom. The van der Waals surface area contributed by atoms with E-state index in [0.29, 0.717) is 0 Å². The van der Waals surface area contributed by atoms with E-state index in [2.05, 4.69) is 89.6 Å². The molecule has 8 bridgehead atoms. The number of aromatic amines is 2. The largest absolute Gasteiger partial charge is 0.355 e. The molecule has 41 heavy (non-hydrogen) atoms. The zero-order valence-corrected chi connectivity index (χ0v) is 26.6. The standard InChI is InChI=1S/C37H48N4/c1-9-17-29-28(16-8)36-20-34-25(13-5)24(12-4)32(39-34)18-30-22(10-2)23(11-3)31(38-30)19-33-26(14-6)27(15-7)35(40-33)21-37(29)41-36/h18-21,38-39H,9-17H2,1-8H3. The molecule has 0 saturated heterocycles. The summed E-state index contributed by atoms with van der Waals surface area (Å²) in [6.45, 7) is 18.2. The summed E-state index contributed by atoms with van der Waals surface area (Å²) in [4.78, 5) is 18.3. The van der Waals surface area contributed by atoms with Crippen LogP contribution in [0.25, 0.3) is 44.4 Å². The molecule has 3 aromatic rings.